The Kier molecular flexibility index (Phi) is 9.22. The van der Waals surface area contributed by atoms with Gasteiger partial charge in [0.1, 0.15) is 17.1 Å². The average molecular weight is 569 g/mol. The first-order valence-electron chi connectivity index (χ1n) is 9.09. The molecule has 3 rings (SSSR count). The zero-order valence-corrected chi connectivity index (χ0v) is 19.5. The molecule has 0 bridgehead atoms. The summed E-state index contributed by atoms with van der Waals surface area (Å²) in [5.41, 5.74) is 0.471. The van der Waals surface area contributed by atoms with Gasteiger partial charge in [0.2, 0.25) is 5.89 Å². The van der Waals surface area contributed by atoms with Crippen LogP contribution in [0.5, 0.6) is 0 Å². The molecule has 2 aromatic heterocycles. The number of hydrogen-bond donors (Lipinski definition) is 2. The first-order valence-corrected chi connectivity index (χ1v) is 9.97. The Labute approximate surface area is 197 Å². The number of nitrogens with one attached hydrogen (secondary N) is 2. The molecule has 2 heterocycles. The summed E-state index contributed by atoms with van der Waals surface area (Å²) >= 11 is 0.919. The maximum absolute atomic E-state index is 13.0. The second-order valence-electron chi connectivity index (χ2n) is 6.15. The summed E-state index contributed by atoms with van der Waals surface area (Å²) in [7, 11) is 0. The van der Waals surface area contributed by atoms with Crippen LogP contribution in [-0.2, 0) is 19.1 Å². The molecular formula is C19H20F4IN5OS. The van der Waals surface area contributed by atoms with Crippen LogP contribution in [0, 0.1) is 5.82 Å². The normalized spacial score (nSPS) is 11.8. The van der Waals surface area contributed by atoms with Crippen LogP contribution in [0.2, 0.25) is 0 Å². The fourth-order valence-electron chi connectivity index (χ4n) is 2.46. The zero-order valence-electron chi connectivity index (χ0n) is 16.4. The highest BCUT2D eigenvalue weighted by atomic mass is 127. The fourth-order valence-corrected chi connectivity index (χ4v) is 3.18. The molecule has 0 unspecified atom stereocenters. The summed E-state index contributed by atoms with van der Waals surface area (Å²) in [6, 6.07) is 5.84. The van der Waals surface area contributed by atoms with Crippen molar-refractivity contribution >= 4 is 41.3 Å². The molecule has 0 spiro atoms. The van der Waals surface area contributed by atoms with E-state index in [1.54, 1.807) is 12.1 Å². The number of aliphatic imine (C=N–C) groups is 1. The monoisotopic (exact) mass is 569 g/mol. The third-order valence-electron chi connectivity index (χ3n) is 3.88. The quantitative estimate of drug-likeness (QED) is 0.184. The largest absolute Gasteiger partial charge is 0.444 e. The Morgan fingerprint density at radius 3 is 2.55 bits per heavy atom. The maximum Gasteiger partial charge on any atom is 0.434 e. The van der Waals surface area contributed by atoms with E-state index in [2.05, 4.69) is 25.6 Å². The van der Waals surface area contributed by atoms with Crippen molar-refractivity contribution in [2.24, 2.45) is 4.99 Å². The van der Waals surface area contributed by atoms with Gasteiger partial charge in [-0.2, -0.15) is 13.2 Å². The van der Waals surface area contributed by atoms with Crippen molar-refractivity contribution in [3.05, 3.63) is 58.1 Å². The van der Waals surface area contributed by atoms with E-state index in [1.165, 1.54) is 18.4 Å². The highest BCUT2D eigenvalue weighted by molar-refractivity contribution is 14.0. The number of hydrogen-bond acceptors (Lipinski definition) is 5. The van der Waals surface area contributed by atoms with Gasteiger partial charge in [0.25, 0.3) is 0 Å². The van der Waals surface area contributed by atoms with Crippen molar-refractivity contribution in [3.63, 3.8) is 0 Å². The van der Waals surface area contributed by atoms with Crippen molar-refractivity contribution in [1.29, 1.82) is 0 Å². The number of aromatic nitrogens is 2. The van der Waals surface area contributed by atoms with E-state index in [9.17, 15) is 17.6 Å². The third-order valence-corrected chi connectivity index (χ3v) is 4.71. The Morgan fingerprint density at radius 1 is 1.16 bits per heavy atom. The van der Waals surface area contributed by atoms with Crippen LogP contribution in [0.1, 0.15) is 23.3 Å². The Hall–Kier alpha value is -2.22. The zero-order chi connectivity index (χ0) is 21.6. The molecule has 1 aromatic carbocycles. The minimum absolute atomic E-state index is 0. The highest BCUT2D eigenvalue weighted by Gasteiger charge is 2.33. The number of thiazole rings is 1. The number of oxazole rings is 1. The molecule has 0 radical (unpaired) electrons. The van der Waals surface area contributed by atoms with Gasteiger partial charge in [0, 0.05) is 30.5 Å². The van der Waals surface area contributed by atoms with Crippen LogP contribution in [0.25, 0.3) is 11.5 Å². The van der Waals surface area contributed by atoms with Crippen LogP contribution in [0.3, 0.4) is 0 Å². The van der Waals surface area contributed by atoms with Gasteiger partial charge in [0.15, 0.2) is 11.7 Å². The van der Waals surface area contributed by atoms with Crippen molar-refractivity contribution in [3.8, 4) is 11.5 Å². The molecule has 0 saturated heterocycles. The molecule has 0 aliphatic carbocycles. The summed E-state index contributed by atoms with van der Waals surface area (Å²) in [6.07, 6.45) is -2.39. The van der Waals surface area contributed by atoms with Crippen molar-refractivity contribution in [2.75, 3.05) is 13.1 Å². The first-order chi connectivity index (χ1) is 14.3. The van der Waals surface area contributed by atoms with Gasteiger partial charge >= 0.3 is 6.18 Å². The lowest BCUT2D eigenvalue weighted by molar-refractivity contribution is -0.140. The number of alkyl halides is 3. The number of halogens is 5. The van der Waals surface area contributed by atoms with E-state index in [0.717, 1.165) is 16.7 Å². The van der Waals surface area contributed by atoms with Gasteiger partial charge in [-0.25, -0.2) is 19.4 Å². The number of benzene rings is 1. The number of nitrogens with zero attached hydrogens (tertiary/aromatic N) is 3. The molecule has 6 nitrogen and oxygen atoms in total. The first kappa shape index (κ1) is 25.0. The lowest BCUT2D eigenvalue weighted by Gasteiger charge is -2.10. The Bertz CT molecular complexity index is 988. The van der Waals surface area contributed by atoms with Crippen LogP contribution in [0.4, 0.5) is 17.6 Å². The molecule has 0 atom stereocenters. The molecule has 0 aliphatic rings. The van der Waals surface area contributed by atoms with Gasteiger partial charge in [-0.3, -0.25) is 0 Å². The second kappa shape index (κ2) is 11.4. The Morgan fingerprint density at radius 2 is 1.90 bits per heavy atom. The predicted molar refractivity (Wildman–Crippen MR) is 121 cm³/mol. The van der Waals surface area contributed by atoms with Crippen LogP contribution in [-0.4, -0.2) is 29.0 Å². The number of guanidine groups is 1. The second-order valence-corrected chi connectivity index (χ2v) is 7.09. The molecule has 0 amide bonds. The highest BCUT2D eigenvalue weighted by Crippen LogP contribution is 2.30. The topological polar surface area (TPSA) is 75.3 Å². The van der Waals surface area contributed by atoms with E-state index in [0.29, 0.717) is 42.6 Å². The maximum atomic E-state index is 13.0. The molecule has 31 heavy (non-hydrogen) atoms. The van der Waals surface area contributed by atoms with Gasteiger partial charge in [0.05, 0.1) is 12.2 Å². The van der Waals surface area contributed by atoms with Crippen molar-refractivity contribution in [2.45, 2.75) is 26.1 Å². The SMILES string of the molecule is CCNC(=NCc1nc(C(F)(F)F)cs1)NCCc1coc(-c2ccc(F)cc2)n1.I. The Balaban J connectivity index is 0.00000341. The van der Waals surface area contributed by atoms with E-state index in [1.807, 2.05) is 6.92 Å². The van der Waals surface area contributed by atoms with E-state index in [-0.39, 0.29) is 41.3 Å². The van der Waals surface area contributed by atoms with E-state index >= 15 is 0 Å². The molecule has 168 valence electrons. The summed E-state index contributed by atoms with van der Waals surface area (Å²) in [5, 5.41) is 7.38. The minimum atomic E-state index is -4.45. The third kappa shape index (κ3) is 7.45. The number of rotatable bonds is 7. The smallest absolute Gasteiger partial charge is 0.434 e. The van der Waals surface area contributed by atoms with E-state index < -0.39 is 11.9 Å². The molecular weight excluding hydrogens is 549 g/mol. The van der Waals surface area contributed by atoms with Gasteiger partial charge in [-0.05, 0) is 31.2 Å². The van der Waals surface area contributed by atoms with Gasteiger partial charge < -0.3 is 15.1 Å². The van der Waals surface area contributed by atoms with Crippen LogP contribution >= 0.6 is 35.3 Å². The fraction of sp³-hybridized carbons (Fsp3) is 0.316. The average Bonchev–Trinajstić information content (AvgIpc) is 3.36. The standard InChI is InChI=1S/C19H19F4N5OS.HI/c1-2-24-18(26-9-16-28-15(11-30-16)19(21,22)23)25-8-7-14-10-29-17(27-14)12-3-5-13(20)6-4-12;/h3-6,10-11H,2,7-9H2,1H3,(H2,24,25,26);1H. The van der Waals surface area contributed by atoms with Gasteiger partial charge in [-0.1, -0.05) is 0 Å². The summed E-state index contributed by atoms with van der Waals surface area (Å²) in [4.78, 5) is 12.2. The molecule has 0 saturated carbocycles. The van der Waals surface area contributed by atoms with Crippen molar-refractivity contribution < 1.29 is 22.0 Å². The molecule has 0 fully saturated rings. The lowest BCUT2D eigenvalue weighted by Crippen LogP contribution is -2.38. The summed E-state index contributed by atoms with van der Waals surface area (Å²) < 4.78 is 56.3. The van der Waals surface area contributed by atoms with E-state index in [4.69, 9.17) is 4.42 Å². The van der Waals surface area contributed by atoms with Crippen LogP contribution in [0.15, 0.2) is 45.3 Å². The lowest BCUT2D eigenvalue weighted by atomic mass is 10.2. The van der Waals surface area contributed by atoms with Crippen LogP contribution < -0.4 is 10.6 Å². The predicted octanol–water partition coefficient (Wildman–Crippen LogP) is 4.87. The van der Waals surface area contributed by atoms with Gasteiger partial charge in [-0.15, -0.1) is 35.3 Å². The molecule has 0 aliphatic heterocycles. The minimum Gasteiger partial charge on any atom is -0.444 e. The molecule has 12 heteroatoms. The summed E-state index contributed by atoms with van der Waals surface area (Å²) in [5.74, 6) is 0.524. The molecule has 2 N–H and O–H groups in total. The van der Waals surface area contributed by atoms with Crippen molar-refractivity contribution in [1.82, 2.24) is 20.6 Å². The molecule has 3 aromatic rings. The summed E-state index contributed by atoms with van der Waals surface area (Å²) in [6.45, 7) is 2.99.